The molecule has 1 amide bonds. The Labute approximate surface area is 113 Å². The van der Waals surface area contributed by atoms with Gasteiger partial charge >= 0.3 is 0 Å². The number of halogens is 1. The van der Waals surface area contributed by atoms with Crippen LogP contribution in [0.15, 0.2) is 0 Å². The van der Waals surface area contributed by atoms with Crippen LogP contribution in [0.4, 0.5) is 0 Å². The molecule has 102 valence electrons. The lowest BCUT2D eigenvalue weighted by molar-refractivity contribution is -0.120. The average Bonchev–Trinajstić information content (AvgIpc) is 2.21. The molecule has 0 aromatic heterocycles. The summed E-state index contributed by atoms with van der Waals surface area (Å²) in [5.41, 5.74) is -0.0132. The molecule has 0 aromatic carbocycles. The topological polar surface area (TPSA) is 63.2 Å². The molecule has 0 aliphatic carbocycles. The lowest BCUT2D eigenvalue weighted by atomic mass is 9.88. The van der Waals surface area contributed by atoms with Crippen LogP contribution in [-0.4, -0.2) is 37.7 Å². The Kier molecular flexibility index (Phi) is 6.69. The van der Waals surface area contributed by atoms with E-state index >= 15 is 0 Å². The van der Waals surface area contributed by atoms with Crippen molar-refractivity contribution < 1.29 is 13.2 Å². The smallest absolute Gasteiger partial charge is 0.238 e. The molecule has 0 bridgehead atoms. The fraction of sp³-hybridized carbons (Fsp3) is 0.909. The third-order valence-corrected chi connectivity index (χ3v) is 4.80. The predicted molar refractivity (Wildman–Crippen MR) is 74.1 cm³/mol. The Morgan fingerprint density at radius 1 is 1.41 bits per heavy atom. The first-order valence-electron chi connectivity index (χ1n) is 5.63. The Morgan fingerprint density at radius 2 is 1.94 bits per heavy atom. The molecule has 0 aliphatic rings. The summed E-state index contributed by atoms with van der Waals surface area (Å²) in [7, 11) is -3.31. The molecule has 0 rings (SSSR count). The van der Waals surface area contributed by atoms with Crippen LogP contribution in [0, 0.1) is 5.41 Å². The summed E-state index contributed by atoms with van der Waals surface area (Å²) < 4.78 is 22.4. The maximum Gasteiger partial charge on any atom is 0.238 e. The molecule has 0 saturated carbocycles. The summed E-state index contributed by atoms with van der Waals surface area (Å²) >= 11 is 3.36. The van der Waals surface area contributed by atoms with Crippen molar-refractivity contribution in [3.05, 3.63) is 0 Å². The number of carbonyl (C=O) groups excluding carboxylic acids is 1. The molecule has 0 fully saturated rings. The minimum absolute atomic E-state index is 0.0132. The number of sulfone groups is 1. The van der Waals surface area contributed by atoms with E-state index in [1.807, 2.05) is 0 Å². The fourth-order valence-electron chi connectivity index (χ4n) is 1.30. The molecule has 0 saturated heterocycles. The summed E-state index contributed by atoms with van der Waals surface area (Å²) in [6.07, 6.45) is 3.09. The van der Waals surface area contributed by atoms with Crippen molar-refractivity contribution in [2.45, 2.75) is 38.9 Å². The largest absolute Gasteiger partial charge is 0.354 e. The number of amides is 1. The van der Waals surface area contributed by atoms with Crippen molar-refractivity contribution in [1.29, 1.82) is 0 Å². The van der Waals surface area contributed by atoms with Gasteiger partial charge in [0, 0.05) is 18.1 Å². The average molecular weight is 328 g/mol. The second-order valence-corrected chi connectivity index (χ2v) is 8.31. The van der Waals surface area contributed by atoms with E-state index in [9.17, 15) is 13.2 Å². The van der Waals surface area contributed by atoms with Gasteiger partial charge in [0.05, 0.1) is 0 Å². The third kappa shape index (κ3) is 7.03. The van der Waals surface area contributed by atoms with E-state index in [0.717, 1.165) is 24.4 Å². The predicted octanol–water partition coefficient (Wildman–Crippen LogP) is 1.74. The summed E-state index contributed by atoms with van der Waals surface area (Å²) in [6.45, 7) is 6.02. The molecule has 0 spiro atoms. The Morgan fingerprint density at radius 3 is 2.35 bits per heavy atom. The first-order chi connectivity index (χ1) is 7.60. The number of alkyl halides is 1. The highest BCUT2D eigenvalue weighted by molar-refractivity contribution is 9.09. The molecule has 4 nitrogen and oxygen atoms in total. The monoisotopic (exact) mass is 327 g/mol. The molecule has 0 radical (unpaired) electrons. The number of carbonyl (C=O) groups is 1. The summed E-state index contributed by atoms with van der Waals surface area (Å²) in [6, 6.07) is 0. The van der Waals surface area contributed by atoms with Crippen LogP contribution < -0.4 is 5.32 Å². The second-order valence-electron chi connectivity index (χ2n) is 5.15. The van der Waals surface area contributed by atoms with E-state index in [2.05, 4.69) is 35.1 Å². The van der Waals surface area contributed by atoms with E-state index in [1.54, 1.807) is 0 Å². The maximum absolute atomic E-state index is 11.6. The molecule has 0 aromatic rings. The van der Waals surface area contributed by atoms with Crippen LogP contribution >= 0.6 is 15.9 Å². The first-order valence-corrected chi connectivity index (χ1v) is 8.70. The molecule has 1 atom stereocenters. The number of rotatable bonds is 7. The fourth-order valence-corrected chi connectivity index (χ4v) is 2.05. The van der Waals surface area contributed by atoms with Crippen molar-refractivity contribution in [3.63, 3.8) is 0 Å². The van der Waals surface area contributed by atoms with Crippen molar-refractivity contribution in [3.8, 4) is 0 Å². The molecule has 0 aliphatic heterocycles. The molecular formula is C11H22BrNO3S. The molecule has 1 unspecified atom stereocenters. The Balaban J connectivity index is 4.25. The van der Waals surface area contributed by atoms with Gasteiger partial charge in [0.25, 0.3) is 0 Å². The standard InChI is InChI=1S/C11H22BrNO3S/c1-9(17(4,15)16)10(14)13-8-11(2,3)6-5-7-12/h9H,5-8H2,1-4H3,(H,13,14). The minimum Gasteiger partial charge on any atom is -0.354 e. The lowest BCUT2D eigenvalue weighted by Crippen LogP contribution is -2.41. The normalized spacial score (nSPS) is 14.4. The molecule has 17 heavy (non-hydrogen) atoms. The summed E-state index contributed by atoms with van der Waals surface area (Å²) in [4.78, 5) is 11.6. The van der Waals surface area contributed by atoms with E-state index in [4.69, 9.17) is 0 Å². The van der Waals surface area contributed by atoms with Crippen molar-refractivity contribution in [2.75, 3.05) is 18.1 Å². The van der Waals surface area contributed by atoms with Gasteiger partial charge in [-0.1, -0.05) is 29.8 Å². The van der Waals surface area contributed by atoms with Crippen LogP contribution in [0.3, 0.4) is 0 Å². The molecule has 0 heterocycles. The van der Waals surface area contributed by atoms with Gasteiger partial charge < -0.3 is 5.32 Å². The van der Waals surface area contributed by atoms with Gasteiger partial charge in [-0.15, -0.1) is 0 Å². The van der Waals surface area contributed by atoms with Crippen LogP contribution in [0.2, 0.25) is 0 Å². The van der Waals surface area contributed by atoms with Gasteiger partial charge in [0.15, 0.2) is 9.84 Å². The van der Waals surface area contributed by atoms with Crippen molar-refractivity contribution >= 4 is 31.7 Å². The highest BCUT2D eigenvalue weighted by Crippen LogP contribution is 2.21. The van der Waals surface area contributed by atoms with Gasteiger partial charge in [-0.25, -0.2) is 8.42 Å². The molecular weight excluding hydrogens is 306 g/mol. The number of hydrogen-bond donors (Lipinski definition) is 1. The highest BCUT2D eigenvalue weighted by Gasteiger charge is 2.25. The first kappa shape index (κ1) is 16.9. The minimum atomic E-state index is -3.31. The lowest BCUT2D eigenvalue weighted by Gasteiger charge is -2.25. The van der Waals surface area contributed by atoms with E-state index in [-0.39, 0.29) is 5.41 Å². The quantitative estimate of drug-likeness (QED) is 0.724. The zero-order valence-corrected chi connectivity index (χ0v) is 13.3. The number of hydrogen-bond acceptors (Lipinski definition) is 3. The highest BCUT2D eigenvalue weighted by atomic mass is 79.9. The van der Waals surface area contributed by atoms with Gasteiger partial charge in [-0.05, 0) is 25.2 Å². The SMILES string of the molecule is CC(C(=O)NCC(C)(C)CCCBr)S(C)(=O)=O. The Bertz CT molecular complexity index is 352. The zero-order chi connectivity index (χ0) is 13.7. The summed E-state index contributed by atoms with van der Waals surface area (Å²) in [5.74, 6) is -0.417. The van der Waals surface area contributed by atoms with E-state index < -0.39 is 21.0 Å². The van der Waals surface area contributed by atoms with Crippen molar-refractivity contribution in [1.82, 2.24) is 5.32 Å². The summed E-state index contributed by atoms with van der Waals surface area (Å²) in [5, 5.41) is 2.66. The molecule has 6 heteroatoms. The maximum atomic E-state index is 11.6. The van der Waals surface area contributed by atoms with Gasteiger partial charge in [-0.2, -0.15) is 0 Å². The second kappa shape index (κ2) is 6.73. The van der Waals surface area contributed by atoms with E-state index in [0.29, 0.717) is 6.54 Å². The van der Waals surface area contributed by atoms with Crippen LogP contribution in [0.5, 0.6) is 0 Å². The molecule has 1 N–H and O–H groups in total. The zero-order valence-electron chi connectivity index (χ0n) is 10.9. The third-order valence-electron chi connectivity index (χ3n) is 2.74. The van der Waals surface area contributed by atoms with Crippen LogP contribution in [-0.2, 0) is 14.6 Å². The van der Waals surface area contributed by atoms with Crippen LogP contribution in [0.1, 0.15) is 33.6 Å². The van der Waals surface area contributed by atoms with Gasteiger partial charge in [-0.3, -0.25) is 4.79 Å². The van der Waals surface area contributed by atoms with Gasteiger partial charge in [0.1, 0.15) is 5.25 Å². The van der Waals surface area contributed by atoms with Gasteiger partial charge in [0.2, 0.25) is 5.91 Å². The van der Waals surface area contributed by atoms with Crippen molar-refractivity contribution in [2.24, 2.45) is 5.41 Å². The number of nitrogens with one attached hydrogen (secondary N) is 1. The van der Waals surface area contributed by atoms with E-state index in [1.165, 1.54) is 6.92 Å². The van der Waals surface area contributed by atoms with Crippen LogP contribution in [0.25, 0.3) is 0 Å². The Hall–Kier alpha value is -0.100.